The van der Waals surface area contributed by atoms with E-state index in [9.17, 15) is 18.5 Å². The number of amidine groups is 1. The first-order chi connectivity index (χ1) is 13.8. The van der Waals surface area contributed by atoms with Crippen molar-refractivity contribution in [3.05, 3.63) is 30.3 Å². The van der Waals surface area contributed by atoms with Gasteiger partial charge in [0.25, 0.3) is 10.0 Å². The van der Waals surface area contributed by atoms with Crippen LogP contribution in [0, 0.1) is 17.2 Å². The molecule has 0 bridgehead atoms. The van der Waals surface area contributed by atoms with Gasteiger partial charge in [0, 0.05) is 12.5 Å². The van der Waals surface area contributed by atoms with Gasteiger partial charge in [-0.25, -0.2) is 0 Å². The van der Waals surface area contributed by atoms with Crippen molar-refractivity contribution in [1.82, 2.24) is 10.6 Å². The summed E-state index contributed by atoms with van der Waals surface area (Å²) in [6, 6.07) is 10.0. The lowest BCUT2D eigenvalue weighted by atomic mass is 9.82. The zero-order chi connectivity index (χ0) is 20.9. The molecule has 0 aliphatic heterocycles. The van der Waals surface area contributed by atoms with Crippen LogP contribution >= 0.6 is 0 Å². The maximum atomic E-state index is 12.5. The Morgan fingerprint density at radius 3 is 2.48 bits per heavy atom. The molecule has 1 atom stereocenters. The van der Waals surface area contributed by atoms with Crippen LogP contribution in [0.1, 0.15) is 58.3 Å². The molecule has 2 saturated carbocycles. The highest BCUT2D eigenvalue weighted by Gasteiger charge is 2.45. The van der Waals surface area contributed by atoms with Gasteiger partial charge in [0.05, 0.1) is 11.0 Å². The van der Waals surface area contributed by atoms with Gasteiger partial charge in [0.15, 0.2) is 0 Å². The molecule has 2 N–H and O–H groups in total. The van der Waals surface area contributed by atoms with Crippen LogP contribution in [0.2, 0.25) is 0 Å². The smallest absolute Gasteiger partial charge is 0.283 e. The molecular formula is C21H28N4O3S. The van der Waals surface area contributed by atoms with Crippen molar-refractivity contribution in [2.24, 2.45) is 10.3 Å². The molecule has 2 aliphatic rings. The number of sulfonamides is 1. The van der Waals surface area contributed by atoms with Crippen molar-refractivity contribution in [3.63, 3.8) is 0 Å². The van der Waals surface area contributed by atoms with Gasteiger partial charge in [-0.15, -0.1) is 4.40 Å². The summed E-state index contributed by atoms with van der Waals surface area (Å²) in [6.07, 6.45) is 6.95. The fourth-order valence-electron chi connectivity index (χ4n) is 3.90. The van der Waals surface area contributed by atoms with Crippen molar-refractivity contribution in [3.8, 4) is 6.07 Å². The van der Waals surface area contributed by atoms with Gasteiger partial charge in [0.2, 0.25) is 5.91 Å². The minimum Gasteiger partial charge on any atom is -0.370 e. The second-order valence-electron chi connectivity index (χ2n) is 8.06. The number of amides is 1. The van der Waals surface area contributed by atoms with Gasteiger partial charge in [0.1, 0.15) is 11.4 Å². The highest BCUT2D eigenvalue weighted by molar-refractivity contribution is 7.90. The van der Waals surface area contributed by atoms with Crippen LogP contribution in [0.25, 0.3) is 0 Å². The number of rotatable bonds is 7. The van der Waals surface area contributed by atoms with Gasteiger partial charge in [-0.3, -0.25) is 4.79 Å². The Morgan fingerprint density at radius 2 is 1.90 bits per heavy atom. The quantitative estimate of drug-likeness (QED) is 0.524. The molecule has 29 heavy (non-hydrogen) atoms. The minimum absolute atomic E-state index is 0.137. The van der Waals surface area contributed by atoms with Gasteiger partial charge < -0.3 is 10.6 Å². The largest absolute Gasteiger partial charge is 0.370 e. The van der Waals surface area contributed by atoms with E-state index in [0.29, 0.717) is 12.8 Å². The average molecular weight is 417 g/mol. The molecule has 1 aromatic rings. The van der Waals surface area contributed by atoms with Crippen molar-refractivity contribution in [2.45, 2.75) is 74.8 Å². The van der Waals surface area contributed by atoms with E-state index in [-0.39, 0.29) is 35.0 Å². The summed E-state index contributed by atoms with van der Waals surface area (Å²) >= 11 is 0. The first kappa shape index (κ1) is 21.3. The van der Waals surface area contributed by atoms with Crippen LogP contribution < -0.4 is 10.6 Å². The standard InChI is InChI=1S/C21H28N4O3S/c1-16(25-29(27,28)18-10-6-3-7-11-18)23-19(17-8-4-2-5-9-17)14-20(26)24-21(15-22)12-13-21/h3,6-7,10-11,17,19H,2,4-5,8-9,12-14H2,1H3,(H,23,25)(H,24,26). The van der Waals surface area contributed by atoms with Crippen molar-refractivity contribution < 1.29 is 13.2 Å². The van der Waals surface area contributed by atoms with E-state index in [1.807, 2.05) is 0 Å². The number of carbonyl (C=O) groups excluding carboxylic acids is 1. The molecule has 0 saturated heterocycles. The molecule has 0 aromatic heterocycles. The molecule has 2 fully saturated rings. The first-order valence-corrected chi connectivity index (χ1v) is 11.6. The third-order valence-electron chi connectivity index (χ3n) is 5.66. The number of hydrogen-bond acceptors (Lipinski definition) is 4. The summed E-state index contributed by atoms with van der Waals surface area (Å²) in [5.41, 5.74) is -0.700. The van der Waals surface area contributed by atoms with E-state index in [1.54, 1.807) is 25.1 Å². The van der Waals surface area contributed by atoms with E-state index in [4.69, 9.17) is 0 Å². The van der Waals surface area contributed by atoms with Crippen LogP contribution in [0.3, 0.4) is 0 Å². The lowest BCUT2D eigenvalue weighted by Gasteiger charge is -2.31. The predicted molar refractivity (Wildman–Crippen MR) is 111 cm³/mol. The summed E-state index contributed by atoms with van der Waals surface area (Å²) < 4.78 is 28.9. The Kier molecular flexibility index (Phi) is 6.58. The van der Waals surface area contributed by atoms with E-state index in [2.05, 4.69) is 21.1 Å². The fraction of sp³-hybridized carbons (Fsp3) is 0.571. The molecule has 8 heteroatoms. The number of nitrogens with zero attached hydrogens (tertiary/aromatic N) is 2. The Bertz CT molecular complexity index is 896. The fourth-order valence-corrected chi connectivity index (χ4v) is 4.92. The molecule has 3 rings (SSSR count). The van der Waals surface area contributed by atoms with Gasteiger partial charge >= 0.3 is 0 Å². The molecular weight excluding hydrogens is 388 g/mol. The number of nitriles is 1. The summed E-state index contributed by atoms with van der Waals surface area (Å²) in [7, 11) is -3.81. The van der Waals surface area contributed by atoms with E-state index >= 15 is 0 Å². The number of carbonyl (C=O) groups is 1. The molecule has 1 aromatic carbocycles. The number of nitrogens with one attached hydrogen (secondary N) is 2. The van der Waals surface area contributed by atoms with E-state index in [1.165, 1.54) is 18.6 Å². The molecule has 0 spiro atoms. The molecule has 0 radical (unpaired) electrons. The first-order valence-electron chi connectivity index (χ1n) is 10.2. The van der Waals surface area contributed by atoms with Crippen LogP contribution in [0.15, 0.2) is 39.6 Å². The van der Waals surface area contributed by atoms with Crippen molar-refractivity contribution in [2.75, 3.05) is 0 Å². The summed E-state index contributed by atoms with van der Waals surface area (Å²) in [5, 5.41) is 15.2. The lowest BCUT2D eigenvalue weighted by molar-refractivity contribution is -0.122. The maximum absolute atomic E-state index is 12.5. The van der Waals surface area contributed by atoms with Crippen LogP contribution in [-0.4, -0.2) is 31.7 Å². The highest BCUT2D eigenvalue weighted by atomic mass is 32.2. The topological polar surface area (TPSA) is 111 Å². The SMILES string of the molecule is CC(=NS(=O)(=O)c1ccccc1)NC(CC(=O)NC1(C#N)CC1)C1CCCCC1. The molecule has 2 aliphatic carbocycles. The highest BCUT2D eigenvalue weighted by Crippen LogP contribution is 2.35. The summed E-state index contributed by atoms with van der Waals surface area (Å²) in [5.74, 6) is 0.376. The second kappa shape index (κ2) is 8.95. The van der Waals surface area contributed by atoms with E-state index < -0.39 is 15.6 Å². The molecule has 1 unspecified atom stereocenters. The number of hydrogen-bond donors (Lipinski definition) is 2. The van der Waals surface area contributed by atoms with Crippen molar-refractivity contribution >= 4 is 21.8 Å². The van der Waals surface area contributed by atoms with Gasteiger partial charge in [-0.2, -0.15) is 13.7 Å². The minimum atomic E-state index is -3.81. The summed E-state index contributed by atoms with van der Waals surface area (Å²) in [6.45, 7) is 1.62. The zero-order valence-corrected chi connectivity index (χ0v) is 17.5. The maximum Gasteiger partial charge on any atom is 0.283 e. The average Bonchev–Trinajstić information content (AvgIpc) is 3.48. The van der Waals surface area contributed by atoms with E-state index in [0.717, 1.165) is 25.7 Å². The summed E-state index contributed by atoms with van der Waals surface area (Å²) in [4.78, 5) is 12.7. The van der Waals surface area contributed by atoms with Crippen LogP contribution in [0.5, 0.6) is 0 Å². The Balaban J connectivity index is 1.71. The third kappa shape index (κ3) is 5.80. The third-order valence-corrected chi connectivity index (χ3v) is 7.04. The van der Waals surface area contributed by atoms with Crippen molar-refractivity contribution in [1.29, 1.82) is 5.26 Å². The zero-order valence-electron chi connectivity index (χ0n) is 16.7. The Hall–Kier alpha value is -2.40. The molecule has 0 heterocycles. The molecule has 156 valence electrons. The monoisotopic (exact) mass is 416 g/mol. The van der Waals surface area contributed by atoms with Gasteiger partial charge in [-0.05, 0) is 50.7 Å². The van der Waals surface area contributed by atoms with Gasteiger partial charge in [-0.1, -0.05) is 37.5 Å². The predicted octanol–water partition coefficient (Wildman–Crippen LogP) is 2.89. The molecule has 7 nitrogen and oxygen atoms in total. The molecule has 1 amide bonds. The Labute approximate surface area is 172 Å². The normalized spacial score (nSPS) is 20.3. The Morgan fingerprint density at radius 1 is 1.24 bits per heavy atom. The lowest BCUT2D eigenvalue weighted by Crippen LogP contribution is -2.45. The second-order valence-corrected chi connectivity index (χ2v) is 9.66. The van der Waals surface area contributed by atoms with Crippen LogP contribution in [-0.2, 0) is 14.8 Å². The number of benzene rings is 1. The van der Waals surface area contributed by atoms with Crippen LogP contribution in [0.4, 0.5) is 0 Å².